The van der Waals surface area contributed by atoms with Gasteiger partial charge < -0.3 is 11.1 Å². The molecule has 1 unspecified atom stereocenters. The Balaban J connectivity index is 0.00000180. The molecule has 0 aromatic carbocycles. The number of carbonyl (C=O) groups excluding carboxylic acids is 1. The zero-order chi connectivity index (χ0) is 13.0. The van der Waals surface area contributed by atoms with Gasteiger partial charge in [-0.25, -0.2) is 0 Å². The van der Waals surface area contributed by atoms with Gasteiger partial charge in [0.25, 0.3) is 0 Å². The molecule has 0 bridgehead atoms. The summed E-state index contributed by atoms with van der Waals surface area (Å²) in [7, 11) is 0. The number of carbonyl (C=O) groups is 1. The molecular weight excluding hydrogens is 262 g/mol. The Morgan fingerprint density at radius 1 is 1.58 bits per heavy atom. The standard InChI is InChI=1S/C14H21N3O.ClH/c1-10(12-5-3-7-16-9-12)17-14(18)13-6-2-4-11(13)8-15;/h3,5,7,9-11,13H,2,4,6,8,15H2,1H3,(H,17,18);1H/t10?,11-,13-;/m1./s1. The molecule has 1 heterocycles. The first-order valence-electron chi connectivity index (χ1n) is 6.62. The molecule has 106 valence electrons. The highest BCUT2D eigenvalue weighted by atomic mass is 35.5. The van der Waals surface area contributed by atoms with Gasteiger partial charge in [0.1, 0.15) is 0 Å². The molecule has 3 atom stereocenters. The second-order valence-corrected chi connectivity index (χ2v) is 5.05. The van der Waals surface area contributed by atoms with Crippen LogP contribution in [0.4, 0.5) is 0 Å². The smallest absolute Gasteiger partial charge is 0.223 e. The number of amides is 1. The van der Waals surface area contributed by atoms with E-state index in [0.29, 0.717) is 12.5 Å². The number of nitrogens with zero attached hydrogens (tertiary/aromatic N) is 1. The minimum atomic E-state index is 0. The third-order valence-electron chi connectivity index (χ3n) is 3.84. The van der Waals surface area contributed by atoms with E-state index >= 15 is 0 Å². The van der Waals surface area contributed by atoms with Gasteiger partial charge in [-0.2, -0.15) is 0 Å². The van der Waals surface area contributed by atoms with E-state index in [1.54, 1.807) is 12.4 Å². The Bertz CT molecular complexity index is 399. The molecule has 1 amide bonds. The molecule has 0 radical (unpaired) electrons. The molecule has 1 aliphatic carbocycles. The molecule has 1 fully saturated rings. The predicted molar refractivity (Wildman–Crippen MR) is 77.9 cm³/mol. The van der Waals surface area contributed by atoms with Crippen LogP contribution < -0.4 is 11.1 Å². The van der Waals surface area contributed by atoms with Crippen molar-refractivity contribution in [2.75, 3.05) is 6.54 Å². The van der Waals surface area contributed by atoms with Crippen molar-refractivity contribution in [3.05, 3.63) is 30.1 Å². The first-order valence-corrected chi connectivity index (χ1v) is 6.62. The molecule has 1 aromatic rings. The Labute approximate surface area is 120 Å². The summed E-state index contributed by atoms with van der Waals surface area (Å²) in [5.74, 6) is 0.583. The highest BCUT2D eigenvalue weighted by Gasteiger charge is 2.32. The number of hydrogen-bond donors (Lipinski definition) is 2. The van der Waals surface area contributed by atoms with Gasteiger partial charge in [0.05, 0.1) is 6.04 Å². The lowest BCUT2D eigenvalue weighted by atomic mass is 9.95. The van der Waals surface area contributed by atoms with Crippen molar-refractivity contribution in [2.24, 2.45) is 17.6 Å². The van der Waals surface area contributed by atoms with Crippen LogP contribution >= 0.6 is 12.4 Å². The fraction of sp³-hybridized carbons (Fsp3) is 0.571. The molecule has 4 nitrogen and oxygen atoms in total. The number of nitrogens with one attached hydrogen (secondary N) is 1. The quantitative estimate of drug-likeness (QED) is 0.889. The maximum absolute atomic E-state index is 12.2. The molecule has 3 N–H and O–H groups in total. The minimum Gasteiger partial charge on any atom is -0.349 e. The lowest BCUT2D eigenvalue weighted by Crippen LogP contribution is -2.36. The Hall–Kier alpha value is -1.13. The van der Waals surface area contributed by atoms with E-state index in [1.165, 1.54) is 0 Å². The van der Waals surface area contributed by atoms with Crippen molar-refractivity contribution in [1.29, 1.82) is 0 Å². The van der Waals surface area contributed by atoms with Crippen molar-refractivity contribution < 1.29 is 4.79 Å². The predicted octanol–water partition coefficient (Wildman–Crippen LogP) is 2.06. The van der Waals surface area contributed by atoms with Crippen molar-refractivity contribution in [3.8, 4) is 0 Å². The lowest BCUT2D eigenvalue weighted by Gasteiger charge is -2.21. The van der Waals surface area contributed by atoms with E-state index in [-0.39, 0.29) is 30.3 Å². The molecule has 1 aromatic heterocycles. The molecule has 19 heavy (non-hydrogen) atoms. The monoisotopic (exact) mass is 283 g/mol. The van der Waals surface area contributed by atoms with E-state index in [4.69, 9.17) is 5.73 Å². The van der Waals surface area contributed by atoms with E-state index in [1.807, 2.05) is 19.1 Å². The summed E-state index contributed by atoms with van der Waals surface area (Å²) in [6.45, 7) is 2.60. The summed E-state index contributed by atoms with van der Waals surface area (Å²) in [5.41, 5.74) is 6.75. The number of hydrogen-bond acceptors (Lipinski definition) is 3. The Morgan fingerprint density at radius 3 is 3.00 bits per heavy atom. The van der Waals surface area contributed by atoms with Crippen LogP contribution in [0.15, 0.2) is 24.5 Å². The second-order valence-electron chi connectivity index (χ2n) is 5.05. The largest absolute Gasteiger partial charge is 0.349 e. The third kappa shape index (κ3) is 3.91. The average molecular weight is 284 g/mol. The summed E-state index contributed by atoms with van der Waals surface area (Å²) in [4.78, 5) is 16.3. The molecule has 2 rings (SSSR count). The summed E-state index contributed by atoms with van der Waals surface area (Å²) >= 11 is 0. The van der Waals surface area contributed by atoms with Gasteiger partial charge in [0, 0.05) is 18.3 Å². The van der Waals surface area contributed by atoms with E-state index in [9.17, 15) is 4.79 Å². The third-order valence-corrected chi connectivity index (χ3v) is 3.84. The van der Waals surface area contributed by atoms with Gasteiger partial charge in [0.2, 0.25) is 5.91 Å². The van der Waals surface area contributed by atoms with Crippen LogP contribution in [0.1, 0.15) is 37.8 Å². The summed E-state index contributed by atoms with van der Waals surface area (Å²) < 4.78 is 0. The van der Waals surface area contributed by atoms with E-state index in [2.05, 4.69) is 10.3 Å². The van der Waals surface area contributed by atoms with Crippen LogP contribution in [0.25, 0.3) is 0 Å². The first-order chi connectivity index (χ1) is 8.72. The molecule has 5 heteroatoms. The highest BCUT2D eigenvalue weighted by Crippen LogP contribution is 2.31. The van der Waals surface area contributed by atoms with Crippen LogP contribution in [0.3, 0.4) is 0 Å². The zero-order valence-corrected chi connectivity index (χ0v) is 12.0. The highest BCUT2D eigenvalue weighted by molar-refractivity contribution is 5.85. The molecular formula is C14H22ClN3O. The SMILES string of the molecule is CC(NC(=O)[C@@H]1CCC[C@@H]1CN)c1cccnc1.Cl. The Morgan fingerprint density at radius 2 is 2.37 bits per heavy atom. The van der Waals surface area contributed by atoms with Crippen LogP contribution in [-0.4, -0.2) is 17.4 Å². The number of rotatable bonds is 4. The average Bonchev–Trinajstić information content (AvgIpc) is 2.88. The number of nitrogens with two attached hydrogens (primary N) is 1. The van der Waals surface area contributed by atoms with Gasteiger partial charge in [-0.05, 0) is 43.9 Å². The number of pyridine rings is 1. The van der Waals surface area contributed by atoms with Gasteiger partial charge in [-0.3, -0.25) is 9.78 Å². The second kappa shape index (κ2) is 7.46. The fourth-order valence-electron chi connectivity index (χ4n) is 2.70. The normalized spacial score (nSPS) is 23.5. The molecule has 0 aliphatic heterocycles. The fourth-order valence-corrected chi connectivity index (χ4v) is 2.70. The Kier molecular flexibility index (Phi) is 6.25. The van der Waals surface area contributed by atoms with Gasteiger partial charge in [-0.1, -0.05) is 12.5 Å². The summed E-state index contributed by atoms with van der Waals surface area (Å²) in [5, 5.41) is 3.07. The number of aromatic nitrogens is 1. The van der Waals surface area contributed by atoms with Crippen molar-refractivity contribution >= 4 is 18.3 Å². The maximum atomic E-state index is 12.2. The van der Waals surface area contributed by atoms with Gasteiger partial charge >= 0.3 is 0 Å². The molecule has 0 saturated heterocycles. The molecule has 1 saturated carbocycles. The van der Waals surface area contributed by atoms with Crippen LogP contribution in [-0.2, 0) is 4.79 Å². The number of halogens is 1. The maximum Gasteiger partial charge on any atom is 0.223 e. The van der Waals surface area contributed by atoms with Crippen molar-refractivity contribution in [1.82, 2.24) is 10.3 Å². The summed E-state index contributed by atoms with van der Waals surface area (Å²) in [6, 6.07) is 3.87. The van der Waals surface area contributed by atoms with Crippen LogP contribution in [0.5, 0.6) is 0 Å². The molecule has 1 aliphatic rings. The van der Waals surface area contributed by atoms with Crippen LogP contribution in [0, 0.1) is 11.8 Å². The van der Waals surface area contributed by atoms with Crippen molar-refractivity contribution in [3.63, 3.8) is 0 Å². The summed E-state index contributed by atoms with van der Waals surface area (Å²) in [6.07, 6.45) is 6.68. The first kappa shape index (κ1) is 15.9. The van der Waals surface area contributed by atoms with Crippen molar-refractivity contribution in [2.45, 2.75) is 32.2 Å². The van der Waals surface area contributed by atoms with E-state index in [0.717, 1.165) is 24.8 Å². The topological polar surface area (TPSA) is 68.0 Å². The minimum absolute atomic E-state index is 0. The van der Waals surface area contributed by atoms with E-state index < -0.39 is 0 Å². The lowest BCUT2D eigenvalue weighted by molar-refractivity contribution is -0.126. The van der Waals surface area contributed by atoms with Gasteiger partial charge in [0.15, 0.2) is 0 Å². The molecule has 0 spiro atoms. The van der Waals surface area contributed by atoms with Crippen LogP contribution in [0.2, 0.25) is 0 Å². The van der Waals surface area contributed by atoms with Gasteiger partial charge in [-0.15, -0.1) is 12.4 Å². The zero-order valence-electron chi connectivity index (χ0n) is 11.2.